The predicted octanol–water partition coefficient (Wildman–Crippen LogP) is 0.947. The first-order valence-electron chi connectivity index (χ1n) is 6.64. The van der Waals surface area contributed by atoms with E-state index in [4.69, 9.17) is 4.84 Å². The van der Waals surface area contributed by atoms with Crippen molar-refractivity contribution in [3.8, 4) is 5.75 Å². The lowest BCUT2D eigenvalue weighted by Crippen LogP contribution is -2.45. The normalized spacial score (nSPS) is 26.1. The summed E-state index contributed by atoms with van der Waals surface area (Å²) in [5.41, 5.74) is 3.70. The van der Waals surface area contributed by atoms with E-state index in [9.17, 15) is 14.7 Å². The predicted molar refractivity (Wildman–Crippen MR) is 69.7 cm³/mol. The summed E-state index contributed by atoms with van der Waals surface area (Å²) in [7, 11) is 0. The van der Waals surface area contributed by atoms with Gasteiger partial charge in [-0.05, 0) is 43.5 Å². The quantitative estimate of drug-likeness (QED) is 0.800. The van der Waals surface area contributed by atoms with E-state index >= 15 is 0 Å². The van der Waals surface area contributed by atoms with Crippen molar-refractivity contribution in [2.24, 2.45) is 0 Å². The fourth-order valence-electron chi connectivity index (χ4n) is 2.69. The van der Waals surface area contributed by atoms with Gasteiger partial charge in [0.1, 0.15) is 11.8 Å². The number of phenolic OH excluding ortho intramolecular Hbond substituents is 1. The number of carbonyl (C=O) groups excluding carboxylic acids is 2. The third kappa shape index (κ3) is 2.12. The van der Waals surface area contributed by atoms with Crippen LogP contribution in [0.25, 0.3) is 0 Å². The Labute approximate surface area is 116 Å². The van der Waals surface area contributed by atoms with Crippen LogP contribution in [-0.4, -0.2) is 34.0 Å². The van der Waals surface area contributed by atoms with E-state index in [0.29, 0.717) is 24.9 Å². The van der Waals surface area contributed by atoms with Gasteiger partial charge >= 0.3 is 0 Å². The molecule has 0 radical (unpaired) electrons. The Kier molecular flexibility index (Phi) is 3.10. The van der Waals surface area contributed by atoms with Crippen LogP contribution in [0.1, 0.15) is 35.7 Å². The molecule has 106 valence electrons. The van der Waals surface area contributed by atoms with E-state index in [2.05, 4.69) is 5.48 Å². The van der Waals surface area contributed by atoms with E-state index < -0.39 is 6.04 Å². The maximum atomic E-state index is 12.4. The number of carbonyl (C=O) groups is 2. The molecule has 0 spiro atoms. The number of hydroxylamine groups is 1. The van der Waals surface area contributed by atoms with E-state index in [-0.39, 0.29) is 23.7 Å². The van der Waals surface area contributed by atoms with Crippen LogP contribution in [-0.2, 0) is 16.2 Å². The lowest BCUT2D eigenvalue weighted by atomic mass is 10.1. The molecule has 2 heterocycles. The highest BCUT2D eigenvalue weighted by Crippen LogP contribution is 2.29. The van der Waals surface area contributed by atoms with Gasteiger partial charge in [0, 0.05) is 12.1 Å². The van der Waals surface area contributed by atoms with Crippen molar-refractivity contribution >= 4 is 11.8 Å². The second kappa shape index (κ2) is 4.79. The Morgan fingerprint density at radius 3 is 2.95 bits per heavy atom. The van der Waals surface area contributed by atoms with Gasteiger partial charge in [0.2, 0.25) is 0 Å². The summed E-state index contributed by atoms with van der Waals surface area (Å²) in [6, 6.07) is 4.13. The second-order valence-electron chi connectivity index (χ2n) is 5.26. The molecule has 2 aliphatic rings. The number of hydrogen-bond donors (Lipinski definition) is 2. The number of benzene rings is 1. The molecule has 2 unspecified atom stereocenters. The highest BCUT2D eigenvalue weighted by Gasteiger charge is 2.37. The molecule has 2 atom stereocenters. The molecule has 2 aliphatic heterocycles. The smallest absolute Gasteiger partial charge is 0.266 e. The minimum Gasteiger partial charge on any atom is -0.508 e. The highest BCUT2D eigenvalue weighted by atomic mass is 16.7. The minimum absolute atomic E-state index is 0.0620. The van der Waals surface area contributed by atoms with Gasteiger partial charge in [-0.1, -0.05) is 0 Å². The molecule has 3 rings (SSSR count). The van der Waals surface area contributed by atoms with E-state index in [1.807, 2.05) is 6.92 Å². The Balaban J connectivity index is 1.86. The molecule has 1 aromatic carbocycles. The van der Waals surface area contributed by atoms with Crippen LogP contribution in [0, 0.1) is 0 Å². The highest BCUT2D eigenvalue weighted by molar-refractivity contribution is 6.01. The van der Waals surface area contributed by atoms with E-state index in [0.717, 1.165) is 5.56 Å². The van der Waals surface area contributed by atoms with Crippen molar-refractivity contribution in [1.82, 2.24) is 10.4 Å². The maximum absolute atomic E-state index is 12.4. The lowest BCUT2D eigenvalue weighted by molar-refractivity contribution is -0.138. The zero-order chi connectivity index (χ0) is 14.3. The number of hydrogen-bond acceptors (Lipinski definition) is 4. The topological polar surface area (TPSA) is 78.9 Å². The number of nitrogens with one attached hydrogen (secondary N) is 1. The third-order valence-electron chi connectivity index (χ3n) is 3.81. The summed E-state index contributed by atoms with van der Waals surface area (Å²) in [6.07, 6.45) is 1.21. The molecule has 1 aromatic rings. The van der Waals surface area contributed by atoms with Crippen molar-refractivity contribution in [3.63, 3.8) is 0 Å². The van der Waals surface area contributed by atoms with Crippen LogP contribution in [0.2, 0.25) is 0 Å². The van der Waals surface area contributed by atoms with Gasteiger partial charge in [0.05, 0.1) is 6.10 Å². The number of nitrogens with zero attached hydrogens (tertiary/aromatic N) is 1. The van der Waals surface area contributed by atoms with Crippen molar-refractivity contribution in [1.29, 1.82) is 0 Å². The first kappa shape index (κ1) is 12.9. The van der Waals surface area contributed by atoms with Crippen LogP contribution >= 0.6 is 0 Å². The van der Waals surface area contributed by atoms with Gasteiger partial charge in [0.25, 0.3) is 11.8 Å². The van der Waals surface area contributed by atoms with Gasteiger partial charge < -0.3 is 10.0 Å². The Morgan fingerprint density at radius 1 is 1.35 bits per heavy atom. The third-order valence-corrected chi connectivity index (χ3v) is 3.81. The zero-order valence-corrected chi connectivity index (χ0v) is 11.1. The molecule has 0 aliphatic carbocycles. The Hall–Kier alpha value is -2.08. The SMILES string of the molecule is CC1CCC(N2Cc3cc(O)ccc3C2=O)C(=O)NO1. The largest absolute Gasteiger partial charge is 0.508 e. The molecular weight excluding hydrogens is 260 g/mol. The summed E-state index contributed by atoms with van der Waals surface area (Å²) >= 11 is 0. The number of amides is 2. The fraction of sp³-hybridized carbons (Fsp3) is 0.429. The van der Waals surface area contributed by atoms with Crippen LogP contribution in [0.5, 0.6) is 5.75 Å². The Bertz CT molecular complexity index is 572. The Morgan fingerprint density at radius 2 is 2.15 bits per heavy atom. The molecular formula is C14H16N2O4. The second-order valence-corrected chi connectivity index (χ2v) is 5.26. The van der Waals surface area contributed by atoms with Crippen molar-refractivity contribution in [3.05, 3.63) is 29.3 Å². The van der Waals surface area contributed by atoms with Crippen LogP contribution in [0.3, 0.4) is 0 Å². The van der Waals surface area contributed by atoms with Gasteiger partial charge in [-0.2, -0.15) is 0 Å². The first-order valence-corrected chi connectivity index (χ1v) is 6.64. The molecule has 2 N–H and O–H groups in total. The molecule has 1 saturated heterocycles. The van der Waals surface area contributed by atoms with Crippen LogP contribution < -0.4 is 5.48 Å². The molecule has 20 heavy (non-hydrogen) atoms. The number of aromatic hydroxyl groups is 1. The average molecular weight is 276 g/mol. The summed E-state index contributed by atoms with van der Waals surface area (Å²) in [5.74, 6) is -0.338. The monoisotopic (exact) mass is 276 g/mol. The number of phenols is 1. The molecule has 0 saturated carbocycles. The van der Waals surface area contributed by atoms with E-state index in [1.54, 1.807) is 17.0 Å². The average Bonchev–Trinajstić information content (AvgIpc) is 2.63. The first-order chi connectivity index (χ1) is 9.56. The zero-order valence-electron chi connectivity index (χ0n) is 11.1. The molecule has 2 amide bonds. The van der Waals surface area contributed by atoms with Crippen molar-refractivity contribution in [2.45, 2.75) is 38.5 Å². The van der Waals surface area contributed by atoms with Crippen LogP contribution in [0.15, 0.2) is 18.2 Å². The summed E-state index contributed by atoms with van der Waals surface area (Å²) in [5, 5.41) is 9.48. The van der Waals surface area contributed by atoms with Gasteiger partial charge in [-0.15, -0.1) is 0 Å². The standard InChI is InChI=1S/C14H16N2O4/c1-8-2-5-12(13(18)15-20-8)16-7-9-6-10(17)3-4-11(9)14(16)19/h3-4,6,8,12,17H,2,5,7H2,1H3,(H,15,18). The van der Waals surface area contributed by atoms with E-state index in [1.165, 1.54) is 6.07 Å². The number of rotatable bonds is 1. The molecule has 6 nitrogen and oxygen atoms in total. The summed E-state index contributed by atoms with van der Waals surface area (Å²) < 4.78 is 0. The van der Waals surface area contributed by atoms with Crippen molar-refractivity contribution < 1.29 is 19.5 Å². The summed E-state index contributed by atoms with van der Waals surface area (Å²) in [6.45, 7) is 2.22. The summed E-state index contributed by atoms with van der Waals surface area (Å²) in [4.78, 5) is 31.1. The molecule has 6 heteroatoms. The van der Waals surface area contributed by atoms with Gasteiger partial charge in [-0.3, -0.25) is 14.4 Å². The molecule has 0 bridgehead atoms. The maximum Gasteiger partial charge on any atom is 0.266 e. The number of fused-ring (bicyclic) bond motifs is 1. The molecule has 1 fully saturated rings. The molecule has 0 aromatic heterocycles. The lowest BCUT2D eigenvalue weighted by Gasteiger charge is -2.24. The van der Waals surface area contributed by atoms with Crippen LogP contribution in [0.4, 0.5) is 0 Å². The van der Waals surface area contributed by atoms with Crippen molar-refractivity contribution in [2.75, 3.05) is 0 Å². The van der Waals surface area contributed by atoms with Gasteiger partial charge in [0.15, 0.2) is 0 Å². The van der Waals surface area contributed by atoms with Gasteiger partial charge in [-0.25, -0.2) is 5.48 Å². The minimum atomic E-state index is -0.526. The fourth-order valence-corrected chi connectivity index (χ4v) is 2.69.